The highest BCUT2D eigenvalue weighted by atomic mass is 16.5. The van der Waals surface area contributed by atoms with Gasteiger partial charge in [0, 0.05) is 35.3 Å². The normalized spacial score (nSPS) is 17.2. The lowest BCUT2D eigenvalue weighted by Gasteiger charge is -2.23. The molecule has 1 unspecified atom stereocenters. The standard InChI is InChI=1S/C23H23N3O3/c27-22(25-29)12-11-16-7-9-17(10-8-16)15-26-13-3-6-21(26)23(28)19-14-24-20-5-2-1-4-18(19)20/h1-2,4-5,7-12,14,21,24,29H,3,6,13,15H2,(H,25,27). The summed E-state index contributed by atoms with van der Waals surface area (Å²) in [6.45, 7) is 1.61. The van der Waals surface area contributed by atoms with E-state index in [1.54, 1.807) is 11.6 Å². The molecule has 6 heteroatoms. The fourth-order valence-corrected chi connectivity index (χ4v) is 3.95. The van der Waals surface area contributed by atoms with Crippen LogP contribution < -0.4 is 5.48 Å². The minimum Gasteiger partial charge on any atom is -0.360 e. The zero-order valence-corrected chi connectivity index (χ0v) is 16.0. The first-order valence-corrected chi connectivity index (χ1v) is 9.71. The second-order valence-electron chi connectivity index (χ2n) is 7.29. The Kier molecular flexibility index (Phi) is 5.55. The van der Waals surface area contributed by atoms with Crippen LogP contribution in [-0.2, 0) is 11.3 Å². The Bertz CT molecular complexity index is 1050. The highest BCUT2D eigenvalue weighted by Gasteiger charge is 2.32. The molecule has 1 amide bonds. The van der Waals surface area contributed by atoms with Crippen molar-refractivity contribution < 1.29 is 14.8 Å². The van der Waals surface area contributed by atoms with E-state index in [0.717, 1.165) is 47.0 Å². The molecular formula is C23H23N3O3. The second kappa shape index (κ2) is 8.43. The van der Waals surface area contributed by atoms with Crippen LogP contribution in [0.1, 0.15) is 34.3 Å². The van der Waals surface area contributed by atoms with Gasteiger partial charge in [-0.05, 0) is 42.7 Å². The van der Waals surface area contributed by atoms with E-state index in [1.165, 1.54) is 6.08 Å². The van der Waals surface area contributed by atoms with Gasteiger partial charge in [0.25, 0.3) is 5.91 Å². The van der Waals surface area contributed by atoms with Crippen molar-refractivity contribution >= 4 is 28.7 Å². The van der Waals surface area contributed by atoms with Crippen LogP contribution in [0.4, 0.5) is 0 Å². The molecule has 6 nitrogen and oxygen atoms in total. The number of carbonyl (C=O) groups excluding carboxylic acids is 2. The number of hydrogen-bond donors (Lipinski definition) is 3. The Morgan fingerprint density at radius 3 is 2.76 bits per heavy atom. The summed E-state index contributed by atoms with van der Waals surface area (Å²) in [5.74, 6) is -0.390. The summed E-state index contributed by atoms with van der Waals surface area (Å²) in [7, 11) is 0. The average Bonchev–Trinajstić information content (AvgIpc) is 3.39. The van der Waals surface area contributed by atoms with Crippen LogP contribution in [0.3, 0.4) is 0 Å². The highest BCUT2D eigenvalue weighted by Crippen LogP contribution is 2.27. The Balaban J connectivity index is 1.47. The van der Waals surface area contributed by atoms with Crippen molar-refractivity contribution in [3.8, 4) is 0 Å². The zero-order chi connectivity index (χ0) is 20.2. The summed E-state index contributed by atoms with van der Waals surface area (Å²) in [6.07, 6.45) is 6.61. The highest BCUT2D eigenvalue weighted by molar-refractivity contribution is 6.10. The minimum atomic E-state index is -0.565. The maximum Gasteiger partial charge on any atom is 0.267 e. The number of nitrogens with one attached hydrogen (secondary N) is 2. The van der Waals surface area contributed by atoms with Gasteiger partial charge in [-0.15, -0.1) is 0 Å². The number of rotatable bonds is 6. The van der Waals surface area contributed by atoms with Crippen molar-refractivity contribution in [2.45, 2.75) is 25.4 Å². The molecule has 2 aromatic carbocycles. The first-order chi connectivity index (χ1) is 14.2. The Hall–Kier alpha value is -3.22. The van der Waals surface area contributed by atoms with E-state index in [0.29, 0.717) is 6.54 Å². The number of hydroxylamine groups is 1. The fourth-order valence-electron chi connectivity index (χ4n) is 3.95. The summed E-state index contributed by atoms with van der Waals surface area (Å²) in [6, 6.07) is 15.6. The van der Waals surface area contributed by atoms with E-state index in [4.69, 9.17) is 5.21 Å². The Morgan fingerprint density at radius 2 is 1.97 bits per heavy atom. The van der Waals surface area contributed by atoms with Gasteiger partial charge >= 0.3 is 0 Å². The molecule has 148 valence electrons. The average molecular weight is 389 g/mol. The second-order valence-corrected chi connectivity index (χ2v) is 7.29. The lowest BCUT2D eigenvalue weighted by atomic mass is 10.0. The SMILES string of the molecule is O=C(C=Cc1ccc(CN2CCCC2C(=O)c2c[nH]c3ccccc23)cc1)NO. The van der Waals surface area contributed by atoms with Crippen molar-refractivity contribution in [1.82, 2.24) is 15.4 Å². The van der Waals surface area contributed by atoms with Crippen molar-refractivity contribution in [2.24, 2.45) is 0 Å². The fraction of sp³-hybridized carbons (Fsp3) is 0.217. The van der Waals surface area contributed by atoms with Gasteiger partial charge in [-0.1, -0.05) is 42.5 Å². The number of aromatic amines is 1. The molecule has 0 saturated carbocycles. The molecule has 1 aromatic heterocycles. The largest absolute Gasteiger partial charge is 0.360 e. The molecule has 0 aliphatic carbocycles. The molecule has 0 bridgehead atoms. The number of Topliss-reactive ketones (excluding diaryl/α,β-unsaturated/α-hetero) is 1. The lowest BCUT2D eigenvalue weighted by Crippen LogP contribution is -2.35. The molecule has 1 saturated heterocycles. The third-order valence-corrected chi connectivity index (χ3v) is 5.42. The van der Waals surface area contributed by atoms with Crippen LogP contribution in [0.2, 0.25) is 0 Å². The van der Waals surface area contributed by atoms with E-state index in [1.807, 2.05) is 54.7 Å². The van der Waals surface area contributed by atoms with Gasteiger partial charge in [-0.25, -0.2) is 5.48 Å². The Morgan fingerprint density at radius 1 is 1.17 bits per heavy atom. The van der Waals surface area contributed by atoms with Gasteiger partial charge < -0.3 is 4.98 Å². The van der Waals surface area contributed by atoms with Gasteiger partial charge in [-0.3, -0.25) is 19.7 Å². The predicted octanol–water partition coefficient (Wildman–Crippen LogP) is 3.53. The van der Waals surface area contributed by atoms with Crippen LogP contribution in [0, 0.1) is 0 Å². The monoisotopic (exact) mass is 389 g/mol. The molecule has 1 aliphatic heterocycles. The molecule has 3 N–H and O–H groups in total. The molecule has 4 rings (SSSR count). The zero-order valence-electron chi connectivity index (χ0n) is 16.0. The maximum absolute atomic E-state index is 13.2. The van der Waals surface area contributed by atoms with Gasteiger partial charge in [0.2, 0.25) is 0 Å². The number of fused-ring (bicyclic) bond motifs is 1. The van der Waals surface area contributed by atoms with Crippen molar-refractivity contribution in [3.05, 3.63) is 77.5 Å². The summed E-state index contributed by atoms with van der Waals surface area (Å²) in [5.41, 5.74) is 5.30. The number of benzene rings is 2. The van der Waals surface area contributed by atoms with Gasteiger partial charge in [-0.2, -0.15) is 0 Å². The maximum atomic E-state index is 13.2. The molecule has 1 fully saturated rings. The molecule has 2 heterocycles. The number of para-hydroxylation sites is 1. The van der Waals surface area contributed by atoms with Crippen LogP contribution in [0.15, 0.2) is 60.8 Å². The van der Waals surface area contributed by atoms with Crippen LogP contribution in [0.25, 0.3) is 17.0 Å². The molecule has 3 aromatic rings. The summed E-state index contributed by atoms with van der Waals surface area (Å²) in [4.78, 5) is 29.7. The topological polar surface area (TPSA) is 85.4 Å². The first-order valence-electron chi connectivity index (χ1n) is 9.71. The van der Waals surface area contributed by atoms with Crippen LogP contribution in [0.5, 0.6) is 0 Å². The molecule has 0 radical (unpaired) electrons. The van der Waals surface area contributed by atoms with Crippen molar-refractivity contribution in [1.29, 1.82) is 0 Å². The van der Waals surface area contributed by atoms with E-state index in [2.05, 4.69) is 9.88 Å². The summed E-state index contributed by atoms with van der Waals surface area (Å²) in [5, 5.41) is 9.51. The predicted molar refractivity (Wildman–Crippen MR) is 111 cm³/mol. The summed E-state index contributed by atoms with van der Waals surface area (Å²) < 4.78 is 0. The van der Waals surface area contributed by atoms with E-state index in [9.17, 15) is 9.59 Å². The number of amides is 1. The number of likely N-dealkylation sites (tertiary alicyclic amines) is 1. The lowest BCUT2D eigenvalue weighted by molar-refractivity contribution is -0.124. The Labute approximate surface area is 168 Å². The van der Waals surface area contributed by atoms with Crippen molar-refractivity contribution in [3.63, 3.8) is 0 Å². The number of hydrogen-bond acceptors (Lipinski definition) is 4. The first kappa shape index (κ1) is 19.1. The molecule has 1 aliphatic rings. The summed E-state index contributed by atoms with van der Waals surface area (Å²) >= 11 is 0. The van der Waals surface area contributed by atoms with Gasteiger partial charge in [0.15, 0.2) is 5.78 Å². The van der Waals surface area contributed by atoms with Gasteiger partial charge in [0.1, 0.15) is 0 Å². The molecule has 29 heavy (non-hydrogen) atoms. The molecule has 1 atom stereocenters. The van der Waals surface area contributed by atoms with Crippen molar-refractivity contribution in [2.75, 3.05) is 6.54 Å². The van der Waals surface area contributed by atoms with Gasteiger partial charge in [0.05, 0.1) is 6.04 Å². The number of carbonyl (C=O) groups is 2. The third-order valence-electron chi connectivity index (χ3n) is 5.42. The van der Waals surface area contributed by atoms with E-state index < -0.39 is 5.91 Å². The number of H-pyrrole nitrogens is 1. The quantitative estimate of drug-likeness (QED) is 0.261. The number of ketones is 1. The smallest absolute Gasteiger partial charge is 0.267 e. The van der Waals surface area contributed by atoms with E-state index in [-0.39, 0.29) is 11.8 Å². The van der Waals surface area contributed by atoms with Crippen LogP contribution in [-0.4, -0.2) is 39.4 Å². The third kappa shape index (κ3) is 4.13. The molecule has 0 spiro atoms. The van der Waals surface area contributed by atoms with E-state index >= 15 is 0 Å². The molecular weight excluding hydrogens is 366 g/mol. The van der Waals surface area contributed by atoms with Crippen LogP contribution >= 0.6 is 0 Å². The number of nitrogens with zero attached hydrogens (tertiary/aromatic N) is 1. The number of aromatic nitrogens is 1. The minimum absolute atomic E-state index is 0.109.